The highest BCUT2D eigenvalue weighted by Gasteiger charge is 2.01. The Labute approximate surface area is 115 Å². The van der Waals surface area contributed by atoms with Gasteiger partial charge >= 0.3 is 0 Å². The van der Waals surface area contributed by atoms with E-state index in [1.54, 1.807) is 11.8 Å². The van der Waals surface area contributed by atoms with E-state index >= 15 is 0 Å². The molecule has 0 bridgehead atoms. The maximum Gasteiger partial charge on any atom is 0.187 e. The summed E-state index contributed by atoms with van der Waals surface area (Å²) in [6.07, 6.45) is 9.00. The number of hydrogen-bond acceptors (Lipinski definition) is 4. The fraction of sp³-hybridized carbons (Fsp3) is 0.714. The molecular weight excluding hydrogens is 242 g/mol. The molecule has 0 saturated heterocycles. The van der Waals surface area contributed by atoms with Gasteiger partial charge in [-0.2, -0.15) is 0 Å². The third kappa shape index (κ3) is 6.97. The van der Waals surface area contributed by atoms with E-state index in [9.17, 15) is 0 Å². The summed E-state index contributed by atoms with van der Waals surface area (Å²) in [6, 6.07) is 0.621. The molecule has 1 heterocycles. The molecule has 1 unspecified atom stereocenters. The third-order valence-corrected chi connectivity index (χ3v) is 3.70. The summed E-state index contributed by atoms with van der Waals surface area (Å²) in [5.74, 6) is 1.03. The van der Waals surface area contributed by atoms with Gasteiger partial charge in [0.25, 0.3) is 0 Å². The van der Waals surface area contributed by atoms with Crippen LogP contribution >= 0.6 is 11.8 Å². The monoisotopic (exact) mass is 267 g/mol. The molecule has 1 aromatic rings. The number of hydrogen-bond donors (Lipinski definition) is 1. The molecule has 4 heteroatoms. The van der Waals surface area contributed by atoms with E-state index in [0.29, 0.717) is 6.04 Å². The standard InChI is InChI=1S/C14H25N3S/c1-4-5-6-7-13(3)15-8-9-18-14-16-10-12(2)11-17-14/h10-11,13,15H,4-9H2,1-3H3. The smallest absolute Gasteiger partial charge is 0.187 e. The SMILES string of the molecule is CCCCCC(C)NCCSc1ncc(C)cn1. The van der Waals surface area contributed by atoms with Crippen LogP contribution in [-0.4, -0.2) is 28.3 Å². The number of aromatic nitrogens is 2. The minimum atomic E-state index is 0.621. The predicted octanol–water partition coefficient (Wildman–Crippen LogP) is 3.44. The lowest BCUT2D eigenvalue weighted by atomic mass is 10.1. The third-order valence-electron chi connectivity index (χ3n) is 2.82. The molecule has 18 heavy (non-hydrogen) atoms. The van der Waals surface area contributed by atoms with E-state index in [2.05, 4.69) is 29.1 Å². The molecule has 1 N–H and O–H groups in total. The van der Waals surface area contributed by atoms with Gasteiger partial charge in [-0.3, -0.25) is 0 Å². The van der Waals surface area contributed by atoms with Crippen LogP contribution in [0.15, 0.2) is 17.6 Å². The summed E-state index contributed by atoms with van der Waals surface area (Å²) in [4.78, 5) is 8.56. The average molecular weight is 267 g/mol. The minimum Gasteiger partial charge on any atom is -0.313 e. The minimum absolute atomic E-state index is 0.621. The van der Waals surface area contributed by atoms with Crippen molar-refractivity contribution in [3.05, 3.63) is 18.0 Å². The molecule has 0 aliphatic heterocycles. The van der Waals surface area contributed by atoms with Crippen LogP contribution in [0.5, 0.6) is 0 Å². The van der Waals surface area contributed by atoms with Crippen molar-refractivity contribution in [2.45, 2.75) is 57.7 Å². The summed E-state index contributed by atoms with van der Waals surface area (Å²) in [7, 11) is 0. The van der Waals surface area contributed by atoms with Crippen molar-refractivity contribution in [2.75, 3.05) is 12.3 Å². The molecule has 1 aromatic heterocycles. The van der Waals surface area contributed by atoms with Crippen LogP contribution in [-0.2, 0) is 0 Å². The van der Waals surface area contributed by atoms with E-state index in [1.165, 1.54) is 25.7 Å². The van der Waals surface area contributed by atoms with Crippen LogP contribution in [0.4, 0.5) is 0 Å². The highest BCUT2D eigenvalue weighted by molar-refractivity contribution is 7.99. The van der Waals surface area contributed by atoms with Gasteiger partial charge in [0.1, 0.15) is 0 Å². The van der Waals surface area contributed by atoms with E-state index in [1.807, 2.05) is 19.3 Å². The number of aryl methyl sites for hydroxylation is 1. The maximum absolute atomic E-state index is 4.28. The topological polar surface area (TPSA) is 37.8 Å². The summed E-state index contributed by atoms with van der Waals surface area (Å²) in [5, 5.41) is 4.42. The van der Waals surface area contributed by atoms with Crippen molar-refractivity contribution in [3.63, 3.8) is 0 Å². The van der Waals surface area contributed by atoms with E-state index in [-0.39, 0.29) is 0 Å². The Morgan fingerprint density at radius 3 is 2.67 bits per heavy atom. The zero-order valence-corrected chi connectivity index (χ0v) is 12.6. The van der Waals surface area contributed by atoms with E-state index < -0.39 is 0 Å². The molecule has 102 valence electrons. The quantitative estimate of drug-likeness (QED) is 0.422. The summed E-state index contributed by atoms with van der Waals surface area (Å²) in [6.45, 7) is 7.54. The van der Waals surface area contributed by atoms with Crippen LogP contribution in [0, 0.1) is 6.92 Å². The highest BCUT2D eigenvalue weighted by Crippen LogP contribution is 2.11. The van der Waals surface area contributed by atoms with Gasteiger partial charge in [-0.15, -0.1) is 0 Å². The van der Waals surface area contributed by atoms with Gasteiger partial charge in [0.15, 0.2) is 5.16 Å². The second kappa shape index (κ2) is 9.34. The number of thioether (sulfide) groups is 1. The first-order valence-corrected chi connectivity index (χ1v) is 7.85. The predicted molar refractivity (Wildman–Crippen MR) is 79.1 cm³/mol. The Hall–Kier alpha value is -0.610. The van der Waals surface area contributed by atoms with Crippen molar-refractivity contribution in [3.8, 4) is 0 Å². The van der Waals surface area contributed by atoms with Crippen LogP contribution in [0.25, 0.3) is 0 Å². The zero-order valence-electron chi connectivity index (χ0n) is 11.8. The van der Waals surface area contributed by atoms with Gasteiger partial charge in [0, 0.05) is 30.7 Å². The largest absolute Gasteiger partial charge is 0.313 e. The first-order valence-electron chi connectivity index (χ1n) is 6.87. The van der Waals surface area contributed by atoms with Gasteiger partial charge in [0.2, 0.25) is 0 Å². The van der Waals surface area contributed by atoms with Crippen LogP contribution < -0.4 is 5.32 Å². The number of nitrogens with zero attached hydrogens (tertiary/aromatic N) is 2. The molecule has 0 spiro atoms. The Kier molecular flexibility index (Phi) is 8.01. The lowest BCUT2D eigenvalue weighted by Crippen LogP contribution is -2.28. The molecule has 0 radical (unpaired) electrons. The number of nitrogens with one attached hydrogen (secondary N) is 1. The Morgan fingerprint density at radius 1 is 1.28 bits per heavy atom. The summed E-state index contributed by atoms with van der Waals surface area (Å²) in [5.41, 5.74) is 1.11. The Balaban J connectivity index is 2.05. The lowest BCUT2D eigenvalue weighted by molar-refractivity contribution is 0.502. The molecule has 0 saturated carbocycles. The summed E-state index contributed by atoms with van der Waals surface area (Å²) >= 11 is 1.71. The van der Waals surface area contributed by atoms with Crippen LogP contribution in [0.3, 0.4) is 0 Å². The number of rotatable bonds is 9. The molecule has 3 nitrogen and oxygen atoms in total. The van der Waals surface area contributed by atoms with Gasteiger partial charge < -0.3 is 5.32 Å². The Bertz CT molecular complexity index is 313. The molecule has 0 amide bonds. The van der Waals surface area contributed by atoms with Crippen molar-refractivity contribution in [1.29, 1.82) is 0 Å². The number of unbranched alkanes of at least 4 members (excludes halogenated alkanes) is 2. The second-order valence-corrected chi connectivity index (χ2v) is 5.80. The Morgan fingerprint density at radius 2 is 2.00 bits per heavy atom. The highest BCUT2D eigenvalue weighted by atomic mass is 32.2. The van der Waals surface area contributed by atoms with Crippen molar-refractivity contribution < 1.29 is 0 Å². The molecule has 0 aromatic carbocycles. The maximum atomic E-state index is 4.28. The first kappa shape index (κ1) is 15.4. The van der Waals surface area contributed by atoms with Crippen molar-refractivity contribution in [1.82, 2.24) is 15.3 Å². The van der Waals surface area contributed by atoms with Gasteiger partial charge in [-0.25, -0.2) is 9.97 Å². The normalized spacial score (nSPS) is 12.6. The molecule has 1 atom stereocenters. The molecule has 0 aliphatic carbocycles. The van der Waals surface area contributed by atoms with Gasteiger partial charge in [0.05, 0.1) is 0 Å². The van der Waals surface area contributed by atoms with Crippen molar-refractivity contribution in [2.24, 2.45) is 0 Å². The van der Waals surface area contributed by atoms with Crippen LogP contribution in [0.1, 0.15) is 45.1 Å². The van der Waals surface area contributed by atoms with Crippen LogP contribution in [0.2, 0.25) is 0 Å². The zero-order chi connectivity index (χ0) is 13.2. The lowest BCUT2D eigenvalue weighted by Gasteiger charge is -2.12. The average Bonchev–Trinajstić information content (AvgIpc) is 2.37. The van der Waals surface area contributed by atoms with Gasteiger partial charge in [-0.1, -0.05) is 37.9 Å². The molecule has 1 rings (SSSR count). The molecule has 0 fully saturated rings. The van der Waals surface area contributed by atoms with Gasteiger partial charge in [-0.05, 0) is 25.8 Å². The molecule has 0 aliphatic rings. The van der Waals surface area contributed by atoms with Crippen molar-refractivity contribution >= 4 is 11.8 Å². The fourth-order valence-electron chi connectivity index (χ4n) is 1.71. The molecular formula is C14H25N3S. The van der Waals surface area contributed by atoms with E-state index in [0.717, 1.165) is 23.0 Å². The second-order valence-electron chi connectivity index (χ2n) is 4.74. The first-order chi connectivity index (χ1) is 8.72. The fourth-order valence-corrected chi connectivity index (χ4v) is 2.36. The summed E-state index contributed by atoms with van der Waals surface area (Å²) < 4.78 is 0. The van der Waals surface area contributed by atoms with E-state index in [4.69, 9.17) is 0 Å².